The summed E-state index contributed by atoms with van der Waals surface area (Å²) in [5, 5.41) is 17.0. The summed E-state index contributed by atoms with van der Waals surface area (Å²) < 4.78 is 10.7. The van der Waals surface area contributed by atoms with Crippen LogP contribution in [0.2, 0.25) is 0 Å². The maximum absolute atomic E-state index is 12.3. The van der Waals surface area contributed by atoms with E-state index in [-0.39, 0.29) is 12.1 Å². The fourth-order valence-electron chi connectivity index (χ4n) is 2.84. The second kappa shape index (κ2) is 7.64. The van der Waals surface area contributed by atoms with Gasteiger partial charge in [-0.1, -0.05) is 41.6 Å². The molecular weight excluding hydrogens is 354 g/mol. The minimum absolute atomic E-state index is 0.00335. The van der Waals surface area contributed by atoms with Crippen LogP contribution in [0.1, 0.15) is 11.3 Å². The summed E-state index contributed by atoms with van der Waals surface area (Å²) in [6.45, 7) is 0.216. The highest BCUT2D eigenvalue weighted by Gasteiger charge is 2.13. The zero-order chi connectivity index (χ0) is 19.3. The SMILES string of the molecule is N#C/C(=C\c1ccc2noc(-c3ccccc3)c2c1)C(=O)NCc1ccco1. The first-order valence-corrected chi connectivity index (χ1v) is 8.62. The van der Waals surface area contributed by atoms with Crippen LogP contribution in [0.15, 0.2) is 81.4 Å². The largest absolute Gasteiger partial charge is 0.467 e. The van der Waals surface area contributed by atoms with E-state index in [1.807, 2.05) is 42.5 Å². The summed E-state index contributed by atoms with van der Waals surface area (Å²) in [5.74, 6) is 0.795. The molecule has 0 fully saturated rings. The van der Waals surface area contributed by atoms with Gasteiger partial charge in [-0.25, -0.2) is 0 Å². The number of amides is 1. The van der Waals surface area contributed by atoms with Gasteiger partial charge in [0.05, 0.1) is 18.2 Å². The average molecular weight is 369 g/mol. The lowest BCUT2D eigenvalue weighted by molar-refractivity contribution is -0.117. The number of aromatic nitrogens is 1. The quantitative estimate of drug-likeness (QED) is 0.418. The zero-order valence-corrected chi connectivity index (χ0v) is 14.8. The molecule has 4 aromatic rings. The van der Waals surface area contributed by atoms with Crippen molar-refractivity contribution in [3.8, 4) is 17.4 Å². The van der Waals surface area contributed by atoms with E-state index in [1.165, 1.54) is 6.26 Å². The molecule has 0 unspecified atom stereocenters. The Hall–Kier alpha value is -4.11. The van der Waals surface area contributed by atoms with Gasteiger partial charge in [0.2, 0.25) is 0 Å². The van der Waals surface area contributed by atoms with Crippen molar-refractivity contribution in [2.24, 2.45) is 0 Å². The number of carbonyl (C=O) groups is 1. The van der Waals surface area contributed by atoms with Crippen molar-refractivity contribution in [2.45, 2.75) is 6.54 Å². The Kier molecular flexibility index (Phi) is 4.72. The van der Waals surface area contributed by atoms with Crippen LogP contribution in [0.4, 0.5) is 0 Å². The molecule has 0 bridgehead atoms. The number of fused-ring (bicyclic) bond motifs is 1. The van der Waals surface area contributed by atoms with Crippen molar-refractivity contribution >= 4 is 22.9 Å². The lowest BCUT2D eigenvalue weighted by Crippen LogP contribution is -2.23. The van der Waals surface area contributed by atoms with Gasteiger partial charge in [-0.2, -0.15) is 5.26 Å². The molecule has 0 atom stereocenters. The number of hydrogen-bond acceptors (Lipinski definition) is 5. The lowest BCUT2D eigenvalue weighted by Gasteiger charge is -2.02. The number of nitrogens with one attached hydrogen (secondary N) is 1. The Morgan fingerprint density at radius 1 is 1.14 bits per heavy atom. The van der Waals surface area contributed by atoms with E-state index in [0.29, 0.717) is 22.6 Å². The van der Waals surface area contributed by atoms with E-state index < -0.39 is 5.91 Å². The van der Waals surface area contributed by atoms with Crippen LogP contribution < -0.4 is 5.32 Å². The Balaban J connectivity index is 1.62. The van der Waals surface area contributed by atoms with E-state index in [0.717, 1.165) is 10.9 Å². The summed E-state index contributed by atoms with van der Waals surface area (Å²) in [6.07, 6.45) is 3.07. The first kappa shape index (κ1) is 17.3. The molecule has 28 heavy (non-hydrogen) atoms. The Morgan fingerprint density at radius 2 is 2.00 bits per heavy atom. The summed E-state index contributed by atoms with van der Waals surface area (Å²) in [6, 6.07) is 20.5. The Labute approximate surface area is 160 Å². The molecule has 0 radical (unpaired) electrons. The molecule has 0 aliphatic rings. The molecule has 0 aliphatic heterocycles. The van der Waals surface area contributed by atoms with Crippen LogP contribution in [0.25, 0.3) is 28.3 Å². The van der Waals surface area contributed by atoms with Crippen LogP contribution in [-0.4, -0.2) is 11.1 Å². The summed E-state index contributed by atoms with van der Waals surface area (Å²) in [7, 11) is 0. The molecule has 6 heteroatoms. The summed E-state index contributed by atoms with van der Waals surface area (Å²) in [4.78, 5) is 12.3. The number of hydrogen-bond donors (Lipinski definition) is 1. The Morgan fingerprint density at radius 3 is 2.75 bits per heavy atom. The van der Waals surface area contributed by atoms with Gasteiger partial charge in [0.1, 0.15) is 22.9 Å². The lowest BCUT2D eigenvalue weighted by atomic mass is 10.0. The van der Waals surface area contributed by atoms with E-state index >= 15 is 0 Å². The third kappa shape index (κ3) is 3.55. The predicted octanol–water partition coefficient (Wildman–Crippen LogP) is 4.31. The third-order valence-corrected chi connectivity index (χ3v) is 4.22. The number of nitrogens with zero attached hydrogens (tertiary/aromatic N) is 2. The van der Waals surface area contributed by atoms with Gasteiger partial charge in [0.15, 0.2) is 5.76 Å². The molecule has 2 heterocycles. The Bertz CT molecular complexity index is 1180. The van der Waals surface area contributed by atoms with Crippen molar-refractivity contribution in [1.82, 2.24) is 10.5 Å². The molecule has 2 aromatic heterocycles. The molecule has 6 nitrogen and oxygen atoms in total. The van der Waals surface area contributed by atoms with Gasteiger partial charge >= 0.3 is 0 Å². The normalized spacial score (nSPS) is 11.3. The van der Waals surface area contributed by atoms with E-state index in [9.17, 15) is 10.1 Å². The molecule has 0 spiro atoms. The van der Waals surface area contributed by atoms with Gasteiger partial charge in [-0.05, 0) is 35.9 Å². The molecule has 0 saturated heterocycles. The maximum Gasteiger partial charge on any atom is 0.262 e. The van der Waals surface area contributed by atoms with Crippen LogP contribution in [0.5, 0.6) is 0 Å². The average Bonchev–Trinajstić information content (AvgIpc) is 3.40. The van der Waals surface area contributed by atoms with Gasteiger partial charge in [0, 0.05) is 5.56 Å². The molecule has 0 saturated carbocycles. The fourth-order valence-corrected chi connectivity index (χ4v) is 2.84. The van der Waals surface area contributed by atoms with Crippen molar-refractivity contribution < 1.29 is 13.7 Å². The highest BCUT2D eigenvalue weighted by molar-refractivity contribution is 6.02. The maximum atomic E-state index is 12.3. The van der Waals surface area contributed by atoms with Crippen molar-refractivity contribution in [3.05, 3.63) is 83.8 Å². The van der Waals surface area contributed by atoms with Crippen LogP contribution >= 0.6 is 0 Å². The smallest absolute Gasteiger partial charge is 0.262 e. The predicted molar refractivity (Wildman–Crippen MR) is 104 cm³/mol. The molecule has 1 amide bonds. The van der Waals surface area contributed by atoms with E-state index in [2.05, 4.69) is 10.5 Å². The molecule has 0 aliphatic carbocycles. The summed E-state index contributed by atoms with van der Waals surface area (Å²) >= 11 is 0. The minimum atomic E-state index is -0.465. The highest BCUT2D eigenvalue weighted by atomic mass is 16.5. The number of rotatable bonds is 5. The zero-order valence-electron chi connectivity index (χ0n) is 14.8. The fraction of sp³-hybridized carbons (Fsp3) is 0.0455. The topological polar surface area (TPSA) is 92.1 Å². The van der Waals surface area contributed by atoms with Crippen LogP contribution in [0.3, 0.4) is 0 Å². The second-order valence-electron chi connectivity index (χ2n) is 6.09. The molecule has 136 valence electrons. The number of nitriles is 1. The van der Waals surface area contributed by atoms with Crippen molar-refractivity contribution in [3.63, 3.8) is 0 Å². The van der Waals surface area contributed by atoms with Gasteiger partial charge < -0.3 is 14.3 Å². The molecular formula is C22H15N3O3. The van der Waals surface area contributed by atoms with Gasteiger partial charge in [-0.15, -0.1) is 0 Å². The van der Waals surface area contributed by atoms with Crippen LogP contribution in [0, 0.1) is 11.3 Å². The highest BCUT2D eigenvalue weighted by Crippen LogP contribution is 2.29. The van der Waals surface area contributed by atoms with Crippen molar-refractivity contribution in [1.29, 1.82) is 5.26 Å². The molecule has 2 aromatic carbocycles. The van der Waals surface area contributed by atoms with Gasteiger partial charge in [0.25, 0.3) is 5.91 Å². The standard InChI is InChI=1S/C22H15N3O3/c23-13-17(22(26)24-14-18-7-4-10-27-18)11-15-8-9-20-19(12-15)21(28-25-20)16-5-2-1-3-6-16/h1-12H,14H2,(H,24,26)/b17-11+. The first-order valence-electron chi connectivity index (χ1n) is 8.62. The van der Waals surface area contributed by atoms with Crippen molar-refractivity contribution in [2.75, 3.05) is 0 Å². The molecule has 4 rings (SSSR count). The molecule has 1 N–H and O–H groups in total. The second-order valence-corrected chi connectivity index (χ2v) is 6.09. The monoisotopic (exact) mass is 369 g/mol. The first-order chi connectivity index (χ1) is 13.7. The van der Waals surface area contributed by atoms with Gasteiger partial charge in [-0.3, -0.25) is 4.79 Å². The number of carbonyl (C=O) groups excluding carboxylic acids is 1. The third-order valence-electron chi connectivity index (χ3n) is 4.22. The number of furan rings is 1. The van der Waals surface area contributed by atoms with E-state index in [1.54, 1.807) is 30.3 Å². The number of benzene rings is 2. The minimum Gasteiger partial charge on any atom is -0.467 e. The summed E-state index contributed by atoms with van der Waals surface area (Å²) in [5.41, 5.74) is 2.32. The van der Waals surface area contributed by atoms with E-state index in [4.69, 9.17) is 8.94 Å². The van der Waals surface area contributed by atoms with Crippen LogP contribution in [-0.2, 0) is 11.3 Å².